The number of halogens is 1. The Morgan fingerprint density at radius 2 is 2.00 bits per heavy atom. The first-order chi connectivity index (χ1) is 11.1. The first-order valence-electron chi connectivity index (χ1n) is 7.66. The van der Waals surface area contributed by atoms with Crippen molar-refractivity contribution in [3.05, 3.63) is 65.2 Å². The van der Waals surface area contributed by atoms with Gasteiger partial charge in [-0.1, -0.05) is 12.1 Å². The normalized spacial score (nSPS) is 11.4. The Kier molecular flexibility index (Phi) is 6.09. The summed E-state index contributed by atoms with van der Waals surface area (Å²) in [4.78, 5) is 10.4. The maximum absolute atomic E-state index is 13.0. The maximum atomic E-state index is 13.0. The van der Waals surface area contributed by atoms with Gasteiger partial charge in [-0.05, 0) is 48.2 Å². The lowest BCUT2D eigenvalue weighted by Gasteiger charge is -2.22. The Balaban J connectivity index is 1.87. The van der Waals surface area contributed by atoms with Crippen LogP contribution in [0, 0.1) is 12.7 Å². The van der Waals surface area contributed by atoms with Gasteiger partial charge in [0.1, 0.15) is 5.82 Å². The molecule has 0 aliphatic carbocycles. The number of benzene rings is 1. The molecule has 0 saturated heterocycles. The summed E-state index contributed by atoms with van der Waals surface area (Å²) in [6.07, 6.45) is 4.61. The van der Waals surface area contributed by atoms with Crippen LogP contribution in [0.2, 0.25) is 0 Å². The number of aryl methyl sites for hydroxylation is 1. The van der Waals surface area contributed by atoms with Crippen LogP contribution in [-0.2, 0) is 13.0 Å². The first-order valence-corrected chi connectivity index (χ1v) is 7.66. The van der Waals surface area contributed by atoms with E-state index in [4.69, 9.17) is 0 Å². The van der Waals surface area contributed by atoms with E-state index in [2.05, 4.69) is 22.2 Å². The molecule has 5 heteroatoms. The lowest BCUT2D eigenvalue weighted by molar-refractivity contribution is 0.476. The zero-order valence-electron chi connectivity index (χ0n) is 13.9. The lowest BCUT2D eigenvalue weighted by atomic mass is 10.1. The van der Waals surface area contributed by atoms with Crippen LogP contribution in [0.25, 0.3) is 0 Å². The number of hydrogen-bond donors (Lipinski definition) is 1. The SMILES string of the molecule is CN=C(NCCc1ccncc1C)N(C)Cc1ccc(F)cc1. The van der Waals surface area contributed by atoms with E-state index in [9.17, 15) is 4.39 Å². The van der Waals surface area contributed by atoms with Crippen molar-refractivity contribution >= 4 is 5.96 Å². The van der Waals surface area contributed by atoms with Gasteiger partial charge in [0.15, 0.2) is 5.96 Å². The second-order valence-corrected chi connectivity index (χ2v) is 5.51. The van der Waals surface area contributed by atoms with Crippen molar-refractivity contribution in [2.75, 3.05) is 20.6 Å². The van der Waals surface area contributed by atoms with Crippen LogP contribution in [-0.4, -0.2) is 36.5 Å². The highest BCUT2D eigenvalue weighted by atomic mass is 19.1. The van der Waals surface area contributed by atoms with Crippen LogP contribution in [0.1, 0.15) is 16.7 Å². The van der Waals surface area contributed by atoms with Crippen molar-refractivity contribution < 1.29 is 4.39 Å². The molecule has 0 amide bonds. The quantitative estimate of drug-likeness (QED) is 0.681. The summed E-state index contributed by atoms with van der Waals surface area (Å²) in [7, 11) is 3.73. The van der Waals surface area contributed by atoms with Crippen LogP contribution >= 0.6 is 0 Å². The van der Waals surface area contributed by atoms with E-state index in [1.54, 1.807) is 19.2 Å². The Morgan fingerprint density at radius 1 is 1.26 bits per heavy atom. The van der Waals surface area contributed by atoms with Gasteiger partial charge in [0.05, 0.1) is 0 Å². The Bertz CT molecular complexity index is 652. The van der Waals surface area contributed by atoms with E-state index < -0.39 is 0 Å². The molecule has 0 fully saturated rings. The molecule has 1 aromatic heterocycles. The highest BCUT2D eigenvalue weighted by Crippen LogP contribution is 2.07. The van der Waals surface area contributed by atoms with E-state index in [1.165, 1.54) is 23.3 Å². The molecule has 0 bridgehead atoms. The van der Waals surface area contributed by atoms with Crippen LogP contribution in [0.3, 0.4) is 0 Å². The minimum Gasteiger partial charge on any atom is -0.356 e. The fourth-order valence-corrected chi connectivity index (χ4v) is 2.41. The average molecular weight is 314 g/mol. The molecule has 23 heavy (non-hydrogen) atoms. The lowest BCUT2D eigenvalue weighted by Crippen LogP contribution is -2.39. The number of rotatable bonds is 5. The highest BCUT2D eigenvalue weighted by Gasteiger charge is 2.07. The Hall–Kier alpha value is -2.43. The number of nitrogens with zero attached hydrogens (tertiary/aromatic N) is 3. The highest BCUT2D eigenvalue weighted by molar-refractivity contribution is 5.79. The molecule has 0 aliphatic rings. The Morgan fingerprint density at radius 3 is 2.65 bits per heavy atom. The van der Waals surface area contributed by atoms with E-state index in [-0.39, 0.29) is 5.82 Å². The smallest absolute Gasteiger partial charge is 0.193 e. The molecule has 1 heterocycles. The van der Waals surface area contributed by atoms with E-state index in [0.717, 1.165) is 24.5 Å². The first kappa shape index (κ1) is 16.9. The molecule has 0 atom stereocenters. The van der Waals surface area contributed by atoms with Gasteiger partial charge in [-0.15, -0.1) is 0 Å². The molecule has 1 N–H and O–H groups in total. The second-order valence-electron chi connectivity index (χ2n) is 5.51. The predicted octanol–water partition coefficient (Wildman–Crippen LogP) is 2.78. The van der Waals surface area contributed by atoms with Crippen molar-refractivity contribution in [3.63, 3.8) is 0 Å². The largest absolute Gasteiger partial charge is 0.356 e. The third kappa shape index (κ3) is 5.06. The topological polar surface area (TPSA) is 40.5 Å². The van der Waals surface area contributed by atoms with Crippen molar-refractivity contribution in [1.29, 1.82) is 0 Å². The van der Waals surface area contributed by atoms with Gasteiger partial charge in [-0.3, -0.25) is 9.98 Å². The molecule has 2 aromatic rings. The zero-order chi connectivity index (χ0) is 16.7. The van der Waals surface area contributed by atoms with Crippen molar-refractivity contribution in [1.82, 2.24) is 15.2 Å². The van der Waals surface area contributed by atoms with E-state index in [1.807, 2.05) is 30.4 Å². The molecule has 0 unspecified atom stereocenters. The minimum atomic E-state index is -0.216. The fourth-order valence-electron chi connectivity index (χ4n) is 2.41. The van der Waals surface area contributed by atoms with Gasteiger partial charge in [-0.2, -0.15) is 0 Å². The molecule has 4 nitrogen and oxygen atoms in total. The summed E-state index contributed by atoms with van der Waals surface area (Å²) in [6, 6.07) is 8.58. The number of hydrogen-bond acceptors (Lipinski definition) is 2. The third-order valence-electron chi connectivity index (χ3n) is 3.72. The molecule has 0 saturated carbocycles. The summed E-state index contributed by atoms with van der Waals surface area (Å²) in [6.45, 7) is 3.54. The minimum absolute atomic E-state index is 0.216. The van der Waals surface area contributed by atoms with E-state index in [0.29, 0.717) is 6.54 Å². The van der Waals surface area contributed by atoms with Crippen molar-refractivity contribution in [3.8, 4) is 0 Å². The van der Waals surface area contributed by atoms with Crippen LogP contribution < -0.4 is 5.32 Å². The Labute approximate surface area is 137 Å². The molecule has 0 spiro atoms. The molecule has 1 aromatic carbocycles. The molecule has 122 valence electrons. The molecule has 0 aliphatic heterocycles. The molecule has 2 rings (SSSR count). The van der Waals surface area contributed by atoms with Gasteiger partial charge >= 0.3 is 0 Å². The second kappa shape index (κ2) is 8.27. The fraction of sp³-hybridized carbons (Fsp3) is 0.333. The maximum Gasteiger partial charge on any atom is 0.193 e. The molecular formula is C18H23FN4. The summed E-state index contributed by atoms with van der Waals surface area (Å²) >= 11 is 0. The van der Waals surface area contributed by atoms with Crippen LogP contribution in [0.4, 0.5) is 4.39 Å². The van der Waals surface area contributed by atoms with Gasteiger partial charge in [0, 0.05) is 39.6 Å². The summed E-state index contributed by atoms with van der Waals surface area (Å²) in [5.74, 6) is 0.604. The molecular weight excluding hydrogens is 291 g/mol. The standard InChI is InChI=1S/C18H23FN4/c1-14-12-21-10-8-16(14)9-11-22-18(20-2)23(3)13-15-4-6-17(19)7-5-15/h4-8,10,12H,9,11,13H2,1-3H3,(H,20,22). The monoisotopic (exact) mass is 314 g/mol. The van der Waals surface area contributed by atoms with Crippen LogP contribution in [0.5, 0.6) is 0 Å². The van der Waals surface area contributed by atoms with Gasteiger partial charge in [-0.25, -0.2) is 4.39 Å². The number of guanidine groups is 1. The van der Waals surface area contributed by atoms with Crippen molar-refractivity contribution in [2.45, 2.75) is 19.9 Å². The van der Waals surface area contributed by atoms with Gasteiger partial charge in [0.25, 0.3) is 0 Å². The zero-order valence-corrected chi connectivity index (χ0v) is 13.9. The number of pyridine rings is 1. The van der Waals surface area contributed by atoms with Crippen molar-refractivity contribution in [2.24, 2.45) is 4.99 Å². The van der Waals surface area contributed by atoms with Gasteiger partial charge in [0.2, 0.25) is 0 Å². The predicted molar refractivity (Wildman–Crippen MR) is 91.9 cm³/mol. The van der Waals surface area contributed by atoms with E-state index >= 15 is 0 Å². The summed E-state index contributed by atoms with van der Waals surface area (Å²) in [5, 5.41) is 3.36. The average Bonchev–Trinajstić information content (AvgIpc) is 2.55. The van der Waals surface area contributed by atoms with Crippen LogP contribution in [0.15, 0.2) is 47.7 Å². The number of nitrogens with one attached hydrogen (secondary N) is 1. The van der Waals surface area contributed by atoms with Gasteiger partial charge < -0.3 is 10.2 Å². The number of aliphatic imine (C=N–C) groups is 1. The summed E-state index contributed by atoms with van der Waals surface area (Å²) in [5.41, 5.74) is 3.52. The third-order valence-corrected chi connectivity index (χ3v) is 3.72. The molecule has 0 radical (unpaired) electrons. The summed E-state index contributed by atoms with van der Waals surface area (Å²) < 4.78 is 13.0. The number of aromatic nitrogens is 1.